The molecule has 1 aromatic carbocycles. The molecule has 0 fully saturated rings. The van der Waals surface area contributed by atoms with E-state index in [1.54, 1.807) is 24.3 Å². The van der Waals surface area contributed by atoms with Gasteiger partial charge in [0.1, 0.15) is 0 Å². The first kappa shape index (κ1) is 19.4. The van der Waals surface area contributed by atoms with Crippen LogP contribution in [0.1, 0.15) is 41.0 Å². The molecule has 7 heteroatoms. The Balaban J connectivity index is 1.83. The average molecular weight is 358 g/mol. The Morgan fingerprint density at radius 3 is 2.23 bits per heavy atom. The van der Waals surface area contributed by atoms with Crippen LogP contribution in [0.15, 0.2) is 36.4 Å². The fourth-order valence-corrected chi connectivity index (χ4v) is 2.65. The van der Waals surface area contributed by atoms with Crippen LogP contribution in [0, 0.1) is 0 Å². The van der Waals surface area contributed by atoms with Crippen LogP contribution >= 0.6 is 0 Å². The second kappa shape index (κ2) is 8.42. The summed E-state index contributed by atoms with van der Waals surface area (Å²) in [6, 6.07) is 6.51. The molecule has 26 heavy (non-hydrogen) atoms. The van der Waals surface area contributed by atoms with E-state index in [9.17, 15) is 19.2 Å². The molecule has 0 saturated carbocycles. The van der Waals surface area contributed by atoms with E-state index in [-0.39, 0.29) is 25.5 Å². The molecular formula is C19H22N2O5. The number of carbonyl (C=O) groups is 4. The second-order valence-electron chi connectivity index (χ2n) is 6.08. The molecule has 7 nitrogen and oxygen atoms in total. The number of likely N-dealkylation sites (N-methyl/N-ethyl adjacent to an activating group) is 1. The molecule has 0 aromatic heterocycles. The zero-order chi connectivity index (χ0) is 19.3. The molecule has 0 spiro atoms. The molecule has 1 aliphatic rings. The Kier molecular flexibility index (Phi) is 6.27. The SMILES string of the molecule is C=C(C)CN(CC)C(=O)COC(=O)CCN1C(=O)c2ccccc2C1=O. The van der Waals surface area contributed by atoms with Gasteiger partial charge in [-0.05, 0) is 26.0 Å². The van der Waals surface area contributed by atoms with Crippen molar-refractivity contribution < 1.29 is 23.9 Å². The monoisotopic (exact) mass is 358 g/mol. The largest absolute Gasteiger partial charge is 0.456 e. The second-order valence-corrected chi connectivity index (χ2v) is 6.08. The fraction of sp³-hybridized carbons (Fsp3) is 0.368. The van der Waals surface area contributed by atoms with Gasteiger partial charge in [-0.1, -0.05) is 24.3 Å². The van der Waals surface area contributed by atoms with Crippen molar-refractivity contribution in [1.82, 2.24) is 9.80 Å². The number of carbonyl (C=O) groups excluding carboxylic acids is 4. The van der Waals surface area contributed by atoms with Crippen LogP contribution in [0.4, 0.5) is 0 Å². The smallest absolute Gasteiger partial charge is 0.308 e. The quantitative estimate of drug-likeness (QED) is 0.401. The molecule has 0 radical (unpaired) electrons. The lowest BCUT2D eigenvalue weighted by Crippen LogP contribution is -2.36. The maximum absolute atomic E-state index is 12.2. The van der Waals surface area contributed by atoms with E-state index in [0.717, 1.165) is 10.5 Å². The van der Waals surface area contributed by atoms with Gasteiger partial charge in [0.05, 0.1) is 17.5 Å². The predicted octanol–water partition coefficient (Wildman–Crippen LogP) is 1.64. The van der Waals surface area contributed by atoms with Crippen molar-refractivity contribution in [2.24, 2.45) is 0 Å². The number of nitrogens with zero attached hydrogens (tertiary/aromatic N) is 2. The van der Waals surface area contributed by atoms with Crippen LogP contribution in [-0.2, 0) is 14.3 Å². The molecule has 1 aliphatic heterocycles. The summed E-state index contributed by atoms with van der Waals surface area (Å²) in [5.74, 6) is -1.80. The van der Waals surface area contributed by atoms with E-state index in [1.807, 2.05) is 13.8 Å². The van der Waals surface area contributed by atoms with Gasteiger partial charge in [-0.2, -0.15) is 0 Å². The van der Waals surface area contributed by atoms with Crippen molar-refractivity contribution in [3.8, 4) is 0 Å². The zero-order valence-electron chi connectivity index (χ0n) is 15.0. The first-order valence-electron chi connectivity index (χ1n) is 8.38. The van der Waals surface area contributed by atoms with Crippen LogP contribution in [0.25, 0.3) is 0 Å². The van der Waals surface area contributed by atoms with Crippen molar-refractivity contribution in [2.75, 3.05) is 26.2 Å². The Hall–Kier alpha value is -2.96. The number of hydrogen-bond donors (Lipinski definition) is 0. The lowest BCUT2D eigenvalue weighted by molar-refractivity contribution is -0.151. The van der Waals surface area contributed by atoms with Gasteiger partial charge in [0, 0.05) is 19.6 Å². The van der Waals surface area contributed by atoms with Crippen molar-refractivity contribution in [2.45, 2.75) is 20.3 Å². The minimum atomic E-state index is -0.638. The molecule has 138 valence electrons. The normalized spacial score (nSPS) is 12.8. The third kappa shape index (κ3) is 4.36. The number of amides is 3. The fourth-order valence-electron chi connectivity index (χ4n) is 2.65. The van der Waals surface area contributed by atoms with Gasteiger partial charge in [-0.3, -0.25) is 24.1 Å². The van der Waals surface area contributed by atoms with Gasteiger partial charge in [-0.25, -0.2) is 0 Å². The van der Waals surface area contributed by atoms with E-state index in [1.165, 1.54) is 4.90 Å². The maximum Gasteiger partial charge on any atom is 0.308 e. The average Bonchev–Trinajstić information content (AvgIpc) is 2.86. The summed E-state index contributed by atoms with van der Waals surface area (Å²) in [4.78, 5) is 50.8. The summed E-state index contributed by atoms with van der Waals surface area (Å²) < 4.78 is 4.97. The highest BCUT2D eigenvalue weighted by molar-refractivity contribution is 6.21. The number of hydrogen-bond acceptors (Lipinski definition) is 5. The Morgan fingerprint density at radius 1 is 1.15 bits per heavy atom. The number of imide groups is 1. The Bertz CT molecular complexity index is 721. The van der Waals surface area contributed by atoms with Crippen LogP contribution in [-0.4, -0.2) is 59.7 Å². The lowest BCUT2D eigenvalue weighted by atomic mass is 10.1. The molecule has 0 saturated heterocycles. The molecule has 0 aliphatic carbocycles. The third-order valence-electron chi connectivity index (χ3n) is 3.97. The van der Waals surface area contributed by atoms with E-state index in [2.05, 4.69) is 6.58 Å². The number of fused-ring (bicyclic) bond motifs is 1. The van der Waals surface area contributed by atoms with Crippen LogP contribution in [0.2, 0.25) is 0 Å². The number of esters is 1. The topological polar surface area (TPSA) is 84.0 Å². The summed E-state index contributed by atoms with van der Waals surface area (Å²) in [5.41, 5.74) is 1.50. The van der Waals surface area contributed by atoms with Gasteiger partial charge in [0.2, 0.25) is 0 Å². The highest BCUT2D eigenvalue weighted by Gasteiger charge is 2.35. The van der Waals surface area contributed by atoms with Gasteiger partial charge in [0.25, 0.3) is 17.7 Å². The van der Waals surface area contributed by atoms with Gasteiger partial charge >= 0.3 is 5.97 Å². The van der Waals surface area contributed by atoms with Crippen molar-refractivity contribution >= 4 is 23.7 Å². The molecule has 0 N–H and O–H groups in total. The van der Waals surface area contributed by atoms with E-state index in [4.69, 9.17) is 4.74 Å². The minimum absolute atomic E-state index is 0.0807. The predicted molar refractivity (Wildman–Crippen MR) is 94.5 cm³/mol. The molecule has 1 aromatic rings. The summed E-state index contributed by atoms with van der Waals surface area (Å²) >= 11 is 0. The van der Waals surface area contributed by atoms with Crippen molar-refractivity contribution in [3.63, 3.8) is 0 Å². The molecule has 0 unspecified atom stereocenters. The number of rotatable bonds is 8. The van der Waals surface area contributed by atoms with E-state index >= 15 is 0 Å². The van der Waals surface area contributed by atoms with Crippen molar-refractivity contribution in [1.29, 1.82) is 0 Å². The minimum Gasteiger partial charge on any atom is -0.456 e. The first-order chi connectivity index (χ1) is 12.3. The Labute approximate surface area is 152 Å². The summed E-state index contributed by atoms with van der Waals surface area (Å²) in [6.45, 7) is 7.82. The van der Waals surface area contributed by atoms with Crippen molar-refractivity contribution in [3.05, 3.63) is 47.5 Å². The molecule has 3 amide bonds. The molecule has 2 rings (SSSR count). The summed E-state index contributed by atoms with van der Waals surface area (Å²) in [6.07, 6.45) is -0.161. The highest BCUT2D eigenvalue weighted by Crippen LogP contribution is 2.22. The maximum atomic E-state index is 12.2. The Morgan fingerprint density at radius 2 is 1.73 bits per heavy atom. The van der Waals surface area contributed by atoms with Crippen LogP contribution in [0.5, 0.6) is 0 Å². The lowest BCUT2D eigenvalue weighted by Gasteiger charge is -2.20. The zero-order valence-corrected chi connectivity index (χ0v) is 15.0. The van der Waals surface area contributed by atoms with E-state index in [0.29, 0.717) is 24.2 Å². The molecule has 0 bridgehead atoms. The van der Waals surface area contributed by atoms with Gasteiger partial charge in [-0.15, -0.1) is 0 Å². The number of ether oxygens (including phenoxy) is 1. The van der Waals surface area contributed by atoms with Gasteiger partial charge in [0.15, 0.2) is 6.61 Å². The standard InChI is InChI=1S/C19H22N2O5/c1-4-20(11-13(2)3)16(22)12-26-17(23)9-10-21-18(24)14-7-5-6-8-15(14)19(21)25/h5-8H,2,4,9-12H2,1,3H3. The number of benzene rings is 1. The van der Waals surface area contributed by atoms with Gasteiger partial charge < -0.3 is 9.64 Å². The molecular weight excluding hydrogens is 336 g/mol. The van der Waals surface area contributed by atoms with Crippen LogP contribution < -0.4 is 0 Å². The summed E-state index contributed by atoms with van der Waals surface area (Å²) in [7, 11) is 0. The van der Waals surface area contributed by atoms with E-state index < -0.39 is 17.8 Å². The van der Waals surface area contributed by atoms with Crippen LogP contribution in [0.3, 0.4) is 0 Å². The third-order valence-corrected chi connectivity index (χ3v) is 3.97. The molecule has 0 atom stereocenters. The first-order valence-corrected chi connectivity index (χ1v) is 8.38. The highest BCUT2D eigenvalue weighted by atomic mass is 16.5. The summed E-state index contributed by atoms with van der Waals surface area (Å²) in [5, 5.41) is 0. The molecule has 1 heterocycles.